The summed E-state index contributed by atoms with van der Waals surface area (Å²) in [4.78, 5) is 28.5. The van der Waals surface area contributed by atoms with Crippen LogP contribution in [0, 0.1) is 5.92 Å². The van der Waals surface area contributed by atoms with E-state index in [1.807, 2.05) is 38.8 Å². The average Bonchev–Trinajstić information content (AvgIpc) is 3.36. The molecule has 0 atom stereocenters. The summed E-state index contributed by atoms with van der Waals surface area (Å²) < 4.78 is 0. The van der Waals surface area contributed by atoms with Crippen LogP contribution in [0.2, 0.25) is 0 Å². The normalized spacial score (nSPS) is 17.1. The van der Waals surface area contributed by atoms with Crippen molar-refractivity contribution < 1.29 is 4.79 Å². The number of aliphatic imine (C=N–C) groups is 1. The first-order chi connectivity index (χ1) is 13.7. The zero-order valence-corrected chi connectivity index (χ0v) is 18.4. The summed E-state index contributed by atoms with van der Waals surface area (Å²) in [5, 5.41) is 3.02. The van der Waals surface area contributed by atoms with Crippen LogP contribution in [-0.2, 0) is 17.6 Å². The van der Waals surface area contributed by atoms with Gasteiger partial charge in [-0.25, -0.2) is 9.97 Å². The molecule has 0 saturated heterocycles. The Labute approximate surface area is 174 Å². The van der Waals surface area contributed by atoms with Gasteiger partial charge in [-0.15, -0.1) is 0 Å². The summed E-state index contributed by atoms with van der Waals surface area (Å²) in [6.45, 7) is 10.2. The largest absolute Gasteiger partial charge is 0.350 e. The summed E-state index contributed by atoms with van der Waals surface area (Å²) in [5.74, 6) is 2.04. The SMILES string of the molecule is C=C/C(=C\C(=NC)c1nc2c(c(N(C)CC(=O)NC(C)(C)C)n1)CCC2)C1CC1. The molecule has 1 N–H and O–H groups in total. The quantitative estimate of drug-likeness (QED) is 0.568. The van der Waals surface area contributed by atoms with Gasteiger partial charge in [0.1, 0.15) is 11.5 Å². The summed E-state index contributed by atoms with van der Waals surface area (Å²) in [6.07, 6.45) is 9.35. The summed E-state index contributed by atoms with van der Waals surface area (Å²) in [5.41, 5.74) is 3.96. The molecule has 0 spiro atoms. The van der Waals surface area contributed by atoms with Crippen LogP contribution in [-0.4, -0.2) is 47.8 Å². The van der Waals surface area contributed by atoms with E-state index in [4.69, 9.17) is 9.97 Å². The Bertz CT molecular complexity index is 859. The number of aromatic nitrogens is 2. The van der Waals surface area contributed by atoms with E-state index in [1.165, 1.54) is 18.4 Å². The van der Waals surface area contributed by atoms with E-state index in [0.29, 0.717) is 11.7 Å². The lowest BCUT2D eigenvalue weighted by molar-refractivity contribution is -0.121. The molecule has 156 valence electrons. The van der Waals surface area contributed by atoms with E-state index in [-0.39, 0.29) is 18.0 Å². The maximum atomic E-state index is 12.4. The molecule has 0 radical (unpaired) electrons. The Hall–Kier alpha value is -2.50. The lowest BCUT2D eigenvalue weighted by Crippen LogP contribution is -2.45. The van der Waals surface area contributed by atoms with Crippen molar-refractivity contribution in [3.05, 3.63) is 41.4 Å². The van der Waals surface area contributed by atoms with E-state index in [0.717, 1.165) is 42.0 Å². The summed E-state index contributed by atoms with van der Waals surface area (Å²) in [7, 11) is 3.70. The molecule has 0 aromatic carbocycles. The molecule has 1 saturated carbocycles. The first kappa shape index (κ1) is 21.2. The fourth-order valence-corrected chi connectivity index (χ4v) is 3.74. The number of rotatable bonds is 7. The fourth-order valence-electron chi connectivity index (χ4n) is 3.74. The Kier molecular flexibility index (Phi) is 6.20. The molecule has 1 fully saturated rings. The van der Waals surface area contributed by atoms with Crippen molar-refractivity contribution in [2.45, 2.75) is 58.4 Å². The van der Waals surface area contributed by atoms with E-state index >= 15 is 0 Å². The number of anilines is 1. The molecule has 29 heavy (non-hydrogen) atoms. The topological polar surface area (TPSA) is 70.5 Å². The van der Waals surface area contributed by atoms with Crippen molar-refractivity contribution in [3.63, 3.8) is 0 Å². The molecule has 3 rings (SSSR count). The van der Waals surface area contributed by atoms with Crippen LogP contribution in [0.3, 0.4) is 0 Å². The van der Waals surface area contributed by atoms with Gasteiger partial charge in [-0.3, -0.25) is 9.79 Å². The van der Waals surface area contributed by atoms with E-state index in [1.54, 1.807) is 7.05 Å². The van der Waals surface area contributed by atoms with Gasteiger partial charge in [0, 0.05) is 30.9 Å². The third-order valence-electron chi connectivity index (χ3n) is 5.23. The van der Waals surface area contributed by atoms with Crippen molar-refractivity contribution in [3.8, 4) is 0 Å². The van der Waals surface area contributed by atoms with Crippen molar-refractivity contribution in [2.75, 3.05) is 25.5 Å². The zero-order valence-electron chi connectivity index (χ0n) is 18.4. The second-order valence-electron chi connectivity index (χ2n) is 9.04. The Morgan fingerprint density at radius 1 is 1.31 bits per heavy atom. The Morgan fingerprint density at radius 3 is 2.62 bits per heavy atom. The number of carbonyl (C=O) groups excluding carboxylic acids is 1. The molecule has 0 bridgehead atoms. The molecule has 6 heteroatoms. The number of carbonyl (C=O) groups is 1. The number of fused-ring (bicyclic) bond motifs is 1. The molecule has 1 aromatic heterocycles. The van der Waals surface area contributed by atoms with Crippen LogP contribution in [0.25, 0.3) is 0 Å². The highest BCUT2D eigenvalue weighted by molar-refractivity contribution is 6.07. The predicted octanol–water partition coefficient (Wildman–Crippen LogP) is 3.26. The number of hydrogen-bond donors (Lipinski definition) is 1. The first-order valence-corrected chi connectivity index (χ1v) is 10.4. The van der Waals surface area contributed by atoms with Gasteiger partial charge in [-0.05, 0) is 70.4 Å². The van der Waals surface area contributed by atoms with Gasteiger partial charge in [0.05, 0.1) is 6.54 Å². The summed E-state index contributed by atoms with van der Waals surface area (Å²) in [6, 6.07) is 0. The number of nitrogens with zero attached hydrogens (tertiary/aromatic N) is 4. The number of likely N-dealkylation sites (N-methyl/N-ethyl adjacent to an activating group) is 1. The highest BCUT2D eigenvalue weighted by Gasteiger charge is 2.27. The van der Waals surface area contributed by atoms with Crippen LogP contribution in [0.5, 0.6) is 0 Å². The van der Waals surface area contributed by atoms with E-state index in [2.05, 4.69) is 23.0 Å². The molecule has 1 amide bonds. The van der Waals surface area contributed by atoms with Crippen LogP contribution in [0.1, 0.15) is 57.1 Å². The minimum atomic E-state index is -0.257. The van der Waals surface area contributed by atoms with Crippen LogP contribution >= 0.6 is 0 Å². The number of hydrogen-bond acceptors (Lipinski definition) is 5. The van der Waals surface area contributed by atoms with Gasteiger partial charge in [-0.2, -0.15) is 0 Å². The van der Waals surface area contributed by atoms with Gasteiger partial charge in [0.15, 0.2) is 5.82 Å². The average molecular weight is 396 g/mol. The van der Waals surface area contributed by atoms with E-state index < -0.39 is 0 Å². The lowest BCUT2D eigenvalue weighted by Gasteiger charge is -2.25. The predicted molar refractivity (Wildman–Crippen MR) is 119 cm³/mol. The number of allylic oxidation sites excluding steroid dienone is 3. The van der Waals surface area contributed by atoms with E-state index in [9.17, 15) is 4.79 Å². The maximum absolute atomic E-state index is 12.4. The van der Waals surface area contributed by atoms with Gasteiger partial charge in [-0.1, -0.05) is 12.7 Å². The van der Waals surface area contributed by atoms with Crippen molar-refractivity contribution in [1.29, 1.82) is 0 Å². The molecule has 0 aliphatic heterocycles. The fraction of sp³-hybridized carbons (Fsp3) is 0.565. The Balaban J connectivity index is 1.91. The third kappa shape index (κ3) is 5.31. The van der Waals surface area contributed by atoms with Crippen LogP contribution < -0.4 is 10.2 Å². The van der Waals surface area contributed by atoms with Crippen molar-refractivity contribution in [2.24, 2.45) is 10.9 Å². The molecule has 1 heterocycles. The minimum Gasteiger partial charge on any atom is -0.350 e. The second kappa shape index (κ2) is 8.47. The minimum absolute atomic E-state index is 0.0149. The molecule has 1 aromatic rings. The first-order valence-electron chi connectivity index (χ1n) is 10.4. The van der Waals surface area contributed by atoms with Gasteiger partial charge < -0.3 is 10.2 Å². The highest BCUT2D eigenvalue weighted by atomic mass is 16.2. The van der Waals surface area contributed by atoms with Gasteiger partial charge >= 0.3 is 0 Å². The molecule has 2 aliphatic carbocycles. The molecule has 0 unspecified atom stereocenters. The Morgan fingerprint density at radius 2 is 2.03 bits per heavy atom. The van der Waals surface area contributed by atoms with Gasteiger partial charge in [0.2, 0.25) is 5.91 Å². The number of amides is 1. The lowest BCUT2D eigenvalue weighted by atomic mass is 10.1. The molecule has 2 aliphatic rings. The second-order valence-corrected chi connectivity index (χ2v) is 9.04. The monoisotopic (exact) mass is 395 g/mol. The molecule has 6 nitrogen and oxygen atoms in total. The van der Waals surface area contributed by atoms with Gasteiger partial charge in [0.25, 0.3) is 0 Å². The smallest absolute Gasteiger partial charge is 0.239 e. The third-order valence-corrected chi connectivity index (χ3v) is 5.23. The maximum Gasteiger partial charge on any atom is 0.239 e. The standard InChI is InChI=1S/C23H33N5O/c1-7-15(16-11-12-16)13-19(24-5)21-25-18-10-8-9-17(18)22(26-21)28(6)14-20(29)27-23(2,3)4/h7,13,16H,1,8-12,14H2,2-6H3,(H,27,29)/b15-13+,24-19?. The number of nitrogens with one attached hydrogen (secondary N) is 1. The van der Waals surface area contributed by atoms with Crippen molar-refractivity contribution in [1.82, 2.24) is 15.3 Å². The van der Waals surface area contributed by atoms with Crippen LogP contribution in [0.4, 0.5) is 5.82 Å². The van der Waals surface area contributed by atoms with Crippen LogP contribution in [0.15, 0.2) is 29.3 Å². The van der Waals surface area contributed by atoms with Crippen molar-refractivity contribution >= 4 is 17.4 Å². The molecular formula is C23H33N5O. The highest BCUT2D eigenvalue weighted by Crippen LogP contribution is 2.37. The zero-order chi connectivity index (χ0) is 21.2. The molecular weight excluding hydrogens is 362 g/mol. The number of aryl methyl sites for hydroxylation is 1. The summed E-state index contributed by atoms with van der Waals surface area (Å²) >= 11 is 0.